The molecule has 1 aliphatic heterocycles. The van der Waals surface area contributed by atoms with Gasteiger partial charge in [0.25, 0.3) is 0 Å². The topological polar surface area (TPSA) is 58.6 Å². The van der Waals surface area contributed by atoms with Crippen molar-refractivity contribution in [2.24, 2.45) is 5.92 Å². The minimum absolute atomic E-state index is 0.0243. The quantitative estimate of drug-likeness (QED) is 0.783. The molecule has 1 fully saturated rings. The van der Waals surface area contributed by atoms with Gasteiger partial charge in [-0.3, -0.25) is 9.59 Å². The molecule has 148 valence electrons. The largest absolute Gasteiger partial charge is 0.494 e. The fourth-order valence-corrected chi connectivity index (χ4v) is 3.65. The van der Waals surface area contributed by atoms with Gasteiger partial charge >= 0.3 is 0 Å². The monoisotopic (exact) mass is 380 g/mol. The van der Waals surface area contributed by atoms with Crippen molar-refractivity contribution >= 4 is 23.2 Å². The molecule has 2 aromatic rings. The Morgan fingerprint density at radius 1 is 1.07 bits per heavy atom. The number of benzene rings is 2. The van der Waals surface area contributed by atoms with Crippen molar-refractivity contribution in [3.8, 4) is 5.75 Å². The highest BCUT2D eigenvalue weighted by Crippen LogP contribution is 2.29. The first-order valence-electron chi connectivity index (χ1n) is 10.0. The summed E-state index contributed by atoms with van der Waals surface area (Å²) in [5, 5.41) is 3.10. The Kier molecular flexibility index (Phi) is 6.34. The van der Waals surface area contributed by atoms with Crippen LogP contribution in [-0.2, 0) is 22.4 Å². The van der Waals surface area contributed by atoms with Crippen LogP contribution in [0.5, 0.6) is 5.75 Å². The van der Waals surface area contributed by atoms with Gasteiger partial charge in [0.05, 0.1) is 12.5 Å². The third-order valence-electron chi connectivity index (χ3n) is 5.20. The van der Waals surface area contributed by atoms with E-state index >= 15 is 0 Å². The molecule has 28 heavy (non-hydrogen) atoms. The fourth-order valence-electron chi connectivity index (χ4n) is 3.65. The second-order valence-electron chi connectivity index (χ2n) is 6.98. The fraction of sp³-hybridized carbons (Fsp3) is 0.391. The molecule has 2 amide bonds. The lowest BCUT2D eigenvalue weighted by Crippen LogP contribution is -2.28. The summed E-state index contributed by atoms with van der Waals surface area (Å²) in [6, 6.07) is 13.5. The van der Waals surface area contributed by atoms with Gasteiger partial charge in [-0.15, -0.1) is 0 Å². The van der Waals surface area contributed by atoms with Crippen molar-refractivity contribution < 1.29 is 14.3 Å². The minimum atomic E-state index is -0.353. The van der Waals surface area contributed by atoms with E-state index in [0.29, 0.717) is 13.2 Å². The molecular weight excluding hydrogens is 352 g/mol. The lowest BCUT2D eigenvalue weighted by atomic mass is 10.0. The second kappa shape index (κ2) is 8.91. The maximum Gasteiger partial charge on any atom is 0.229 e. The SMILES string of the molecule is CCOc1ccc(N2C[C@H](C(=O)Nc3c(CC)cccc3CC)CC2=O)cc1. The van der Waals surface area contributed by atoms with Crippen LogP contribution in [0.3, 0.4) is 0 Å². The number of hydrogen-bond donors (Lipinski definition) is 1. The number of amides is 2. The summed E-state index contributed by atoms with van der Waals surface area (Å²) in [5.41, 5.74) is 3.96. The summed E-state index contributed by atoms with van der Waals surface area (Å²) in [4.78, 5) is 27.1. The maximum atomic E-state index is 12.9. The first-order chi connectivity index (χ1) is 13.6. The second-order valence-corrected chi connectivity index (χ2v) is 6.98. The van der Waals surface area contributed by atoms with Crippen LogP contribution in [0.2, 0.25) is 0 Å². The molecule has 0 aromatic heterocycles. The van der Waals surface area contributed by atoms with E-state index in [1.54, 1.807) is 4.90 Å². The van der Waals surface area contributed by atoms with Crippen molar-refractivity contribution in [3.05, 3.63) is 53.6 Å². The molecule has 0 aliphatic carbocycles. The number of para-hydroxylation sites is 1. The number of ether oxygens (including phenoxy) is 1. The lowest BCUT2D eigenvalue weighted by Gasteiger charge is -2.18. The highest BCUT2D eigenvalue weighted by atomic mass is 16.5. The molecule has 0 bridgehead atoms. The van der Waals surface area contributed by atoms with Gasteiger partial charge in [0.2, 0.25) is 11.8 Å². The normalized spacial score (nSPS) is 16.3. The molecule has 1 saturated heterocycles. The zero-order valence-corrected chi connectivity index (χ0v) is 16.8. The number of carbonyl (C=O) groups excluding carboxylic acids is 2. The molecule has 0 unspecified atom stereocenters. The van der Waals surface area contributed by atoms with Crippen LogP contribution < -0.4 is 15.0 Å². The Morgan fingerprint density at radius 2 is 1.71 bits per heavy atom. The summed E-state index contributed by atoms with van der Waals surface area (Å²) in [7, 11) is 0. The number of anilines is 2. The standard InChI is InChI=1S/C23H28N2O3/c1-4-16-8-7-9-17(5-2)22(16)24-23(27)18-14-21(26)25(15-18)19-10-12-20(13-11-19)28-6-3/h7-13,18H,4-6,14-15H2,1-3H3,(H,24,27)/t18-/m1/s1. The summed E-state index contributed by atoms with van der Waals surface area (Å²) >= 11 is 0. The number of rotatable bonds is 7. The van der Waals surface area contributed by atoms with E-state index in [-0.39, 0.29) is 24.2 Å². The van der Waals surface area contributed by atoms with Crippen molar-refractivity contribution in [2.75, 3.05) is 23.4 Å². The Morgan fingerprint density at radius 3 is 2.29 bits per heavy atom. The predicted molar refractivity (Wildman–Crippen MR) is 112 cm³/mol. The smallest absolute Gasteiger partial charge is 0.229 e. The van der Waals surface area contributed by atoms with Crippen LogP contribution in [0.1, 0.15) is 38.3 Å². The number of carbonyl (C=O) groups is 2. The molecule has 0 radical (unpaired) electrons. The summed E-state index contributed by atoms with van der Waals surface area (Å²) in [5.74, 6) is 0.310. The van der Waals surface area contributed by atoms with Gasteiger partial charge < -0.3 is 15.0 Å². The van der Waals surface area contributed by atoms with E-state index in [1.807, 2.05) is 49.4 Å². The van der Waals surface area contributed by atoms with Crippen LogP contribution in [0.25, 0.3) is 0 Å². The number of hydrogen-bond acceptors (Lipinski definition) is 3. The Balaban J connectivity index is 1.72. The van der Waals surface area contributed by atoms with Crippen LogP contribution in [0.4, 0.5) is 11.4 Å². The first kappa shape index (κ1) is 19.9. The van der Waals surface area contributed by atoms with E-state index in [4.69, 9.17) is 4.74 Å². The van der Waals surface area contributed by atoms with Gasteiger partial charge in [0.1, 0.15) is 5.75 Å². The van der Waals surface area contributed by atoms with Crippen molar-refractivity contribution in [1.82, 2.24) is 0 Å². The van der Waals surface area contributed by atoms with Crippen molar-refractivity contribution in [2.45, 2.75) is 40.0 Å². The number of nitrogens with one attached hydrogen (secondary N) is 1. The average Bonchev–Trinajstić information content (AvgIpc) is 3.10. The first-order valence-corrected chi connectivity index (χ1v) is 10.0. The molecule has 1 aliphatic rings. The zero-order valence-electron chi connectivity index (χ0n) is 16.8. The van der Waals surface area contributed by atoms with Crippen molar-refractivity contribution in [3.63, 3.8) is 0 Å². The van der Waals surface area contributed by atoms with E-state index in [2.05, 4.69) is 19.2 Å². The van der Waals surface area contributed by atoms with Crippen LogP contribution >= 0.6 is 0 Å². The molecule has 1 heterocycles. The zero-order chi connectivity index (χ0) is 20.1. The van der Waals surface area contributed by atoms with Gasteiger partial charge in [0.15, 0.2) is 0 Å². The predicted octanol–water partition coefficient (Wildman–Crippen LogP) is 4.20. The van der Waals surface area contributed by atoms with Crippen LogP contribution in [-0.4, -0.2) is 25.0 Å². The van der Waals surface area contributed by atoms with Crippen LogP contribution in [0, 0.1) is 5.92 Å². The van der Waals surface area contributed by atoms with Gasteiger partial charge in [0, 0.05) is 24.3 Å². The van der Waals surface area contributed by atoms with Gasteiger partial charge in [-0.05, 0) is 55.2 Å². The molecule has 3 rings (SSSR count). The third kappa shape index (κ3) is 4.19. The number of aryl methyl sites for hydroxylation is 2. The maximum absolute atomic E-state index is 12.9. The molecule has 5 nitrogen and oxygen atoms in total. The average molecular weight is 380 g/mol. The van der Waals surface area contributed by atoms with E-state index < -0.39 is 0 Å². The minimum Gasteiger partial charge on any atom is -0.494 e. The van der Waals surface area contributed by atoms with Gasteiger partial charge in [-0.2, -0.15) is 0 Å². The molecule has 0 saturated carbocycles. The van der Waals surface area contributed by atoms with E-state index in [9.17, 15) is 9.59 Å². The summed E-state index contributed by atoms with van der Waals surface area (Å²) in [6.07, 6.45) is 1.94. The molecule has 1 atom stereocenters. The Bertz CT molecular complexity index is 823. The molecule has 2 aromatic carbocycles. The number of nitrogens with zero attached hydrogens (tertiary/aromatic N) is 1. The molecule has 1 N–H and O–H groups in total. The summed E-state index contributed by atoms with van der Waals surface area (Å²) < 4.78 is 5.45. The van der Waals surface area contributed by atoms with Crippen LogP contribution in [0.15, 0.2) is 42.5 Å². The highest BCUT2D eigenvalue weighted by Gasteiger charge is 2.35. The van der Waals surface area contributed by atoms with E-state index in [1.165, 1.54) is 0 Å². The molecule has 5 heteroatoms. The third-order valence-corrected chi connectivity index (χ3v) is 5.20. The Hall–Kier alpha value is -2.82. The highest BCUT2D eigenvalue weighted by molar-refractivity contribution is 6.04. The lowest BCUT2D eigenvalue weighted by molar-refractivity contribution is -0.122. The Labute approximate surface area is 166 Å². The molecular formula is C23H28N2O3. The summed E-state index contributed by atoms with van der Waals surface area (Å²) in [6.45, 7) is 7.09. The van der Waals surface area contributed by atoms with E-state index in [0.717, 1.165) is 41.1 Å². The van der Waals surface area contributed by atoms with Gasteiger partial charge in [-0.1, -0.05) is 32.0 Å². The van der Waals surface area contributed by atoms with Crippen molar-refractivity contribution in [1.29, 1.82) is 0 Å². The molecule has 0 spiro atoms. The van der Waals surface area contributed by atoms with Gasteiger partial charge in [-0.25, -0.2) is 0 Å².